The van der Waals surface area contributed by atoms with Crippen LogP contribution in [0.2, 0.25) is 0 Å². The van der Waals surface area contributed by atoms with Crippen molar-refractivity contribution in [3.63, 3.8) is 0 Å². The predicted molar refractivity (Wildman–Crippen MR) is 268 cm³/mol. The normalized spacial score (nSPS) is 18.5. The van der Waals surface area contributed by atoms with Gasteiger partial charge in [-0.2, -0.15) is 13.2 Å². The van der Waals surface area contributed by atoms with Crippen LogP contribution in [-0.4, -0.2) is 150 Å². The fraction of sp³-hybridized carbons (Fsp3) is 0.491. The standard InChI is InChI=1S/C53H63F5N10O8/c1-51(2,3)45(63-49(72)74-6)48(71)65-67(27-38-39(54)21-34(22-40(38)55)42-24-59-18-19-60-42)28-43(69)41(62-47(70)46(64-50(73)75-7)52(4,5)53(56,57)58)20-32-11-8-31(9-12-32)10-13-33-14-17-44(61-23-33)66-25-35-15-16-36(26-66)68(35)37-29-76-30-37/h8-9,11-12,14,17-19,21-24,35-37,41,43,45-46,69H,15-16,20,25-30H2,1-7H3,(H,62,70)(H,63,72)(H,64,73)(H,65,71)/t35?,36?,41-,43-,45+,46+/m0/s1. The van der Waals surface area contributed by atoms with Crippen molar-refractivity contribution in [3.8, 4) is 23.1 Å². The number of pyridine rings is 1. The highest BCUT2D eigenvalue weighted by Gasteiger charge is 2.56. The Hall–Kier alpha value is -7.00. The molecule has 408 valence electrons. The molecule has 7 rings (SSSR count). The minimum atomic E-state index is -5.06. The fourth-order valence-corrected chi connectivity index (χ4v) is 9.46. The number of benzene rings is 2. The van der Waals surface area contributed by atoms with E-state index in [-0.39, 0.29) is 17.7 Å². The Morgan fingerprint density at radius 1 is 0.803 bits per heavy atom. The summed E-state index contributed by atoms with van der Waals surface area (Å²) in [6.07, 6.45) is -1.51. The summed E-state index contributed by atoms with van der Waals surface area (Å²) in [6, 6.07) is 8.65. The molecule has 0 saturated carbocycles. The zero-order chi connectivity index (χ0) is 55.1. The predicted octanol–water partition coefficient (Wildman–Crippen LogP) is 5.27. The van der Waals surface area contributed by atoms with Crippen LogP contribution in [0.15, 0.2) is 73.3 Å². The van der Waals surface area contributed by atoms with Crippen molar-refractivity contribution in [1.29, 1.82) is 0 Å². The third-order valence-electron chi connectivity index (χ3n) is 14.0. The zero-order valence-corrected chi connectivity index (χ0v) is 43.2. The van der Waals surface area contributed by atoms with Gasteiger partial charge >= 0.3 is 18.4 Å². The van der Waals surface area contributed by atoms with E-state index in [1.165, 1.54) is 18.6 Å². The minimum Gasteiger partial charge on any atom is -0.453 e. The lowest BCUT2D eigenvalue weighted by Gasteiger charge is -2.47. The first-order valence-electron chi connectivity index (χ1n) is 24.7. The Labute approximate surface area is 437 Å². The van der Waals surface area contributed by atoms with E-state index in [0.29, 0.717) is 48.7 Å². The van der Waals surface area contributed by atoms with Gasteiger partial charge in [0.15, 0.2) is 0 Å². The molecule has 4 amide bonds. The highest BCUT2D eigenvalue weighted by Crippen LogP contribution is 2.41. The van der Waals surface area contributed by atoms with Gasteiger partial charge in [-0.15, -0.1) is 0 Å². The molecule has 4 aromatic rings. The summed E-state index contributed by atoms with van der Waals surface area (Å²) in [7, 11) is 1.98. The number of halogens is 5. The number of carbonyl (C=O) groups is 4. The quantitative estimate of drug-likeness (QED) is 0.0518. The van der Waals surface area contributed by atoms with Gasteiger partial charge in [-0.3, -0.25) is 29.9 Å². The molecular formula is C53H63F5N10O8. The van der Waals surface area contributed by atoms with E-state index < -0.39 is 95.5 Å². The summed E-state index contributed by atoms with van der Waals surface area (Å²) >= 11 is 0. The number of anilines is 1. The molecule has 5 N–H and O–H groups in total. The average Bonchev–Trinajstić information content (AvgIpc) is 3.61. The molecule has 2 unspecified atom stereocenters. The molecule has 6 atom stereocenters. The minimum absolute atomic E-state index is 0.0341. The number of amides is 4. The van der Waals surface area contributed by atoms with Gasteiger partial charge in [0.2, 0.25) is 5.91 Å². The van der Waals surface area contributed by atoms with Crippen molar-refractivity contribution in [2.45, 2.75) is 109 Å². The molecule has 3 aliphatic heterocycles. The second-order valence-corrected chi connectivity index (χ2v) is 20.8. The van der Waals surface area contributed by atoms with Crippen LogP contribution >= 0.6 is 0 Å². The van der Waals surface area contributed by atoms with Crippen molar-refractivity contribution < 1.29 is 60.4 Å². The number of rotatable bonds is 17. The third kappa shape index (κ3) is 13.7. The van der Waals surface area contributed by atoms with Crippen molar-refractivity contribution in [2.24, 2.45) is 10.8 Å². The zero-order valence-electron chi connectivity index (χ0n) is 43.2. The van der Waals surface area contributed by atoms with Gasteiger partial charge in [-0.05, 0) is 80.5 Å². The molecule has 2 aromatic heterocycles. The summed E-state index contributed by atoms with van der Waals surface area (Å²) in [4.78, 5) is 70.7. The van der Waals surface area contributed by atoms with Crippen LogP contribution in [0.5, 0.6) is 0 Å². The van der Waals surface area contributed by atoms with Crippen LogP contribution in [0.4, 0.5) is 37.4 Å². The first-order valence-corrected chi connectivity index (χ1v) is 24.7. The number of nitrogens with one attached hydrogen (secondary N) is 4. The van der Waals surface area contributed by atoms with Crippen LogP contribution in [0.1, 0.15) is 69.7 Å². The number of carbonyl (C=O) groups excluding carboxylic acids is 4. The summed E-state index contributed by atoms with van der Waals surface area (Å²) in [5, 5.41) is 19.9. The van der Waals surface area contributed by atoms with Crippen LogP contribution in [-0.2, 0) is 36.8 Å². The molecule has 2 bridgehead atoms. The molecule has 3 fully saturated rings. The van der Waals surface area contributed by atoms with Gasteiger partial charge < -0.3 is 40.2 Å². The van der Waals surface area contributed by atoms with Gasteiger partial charge in [0.25, 0.3) is 5.91 Å². The lowest BCUT2D eigenvalue weighted by molar-refractivity contribution is -0.220. The molecule has 0 spiro atoms. The Morgan fingerprint density at radius 3 is 1.93 bits per heavy atom. The highest BCUT2D eigenvalue weighted by atomic mass is 19.4. The van der Waals surface area contributed by atoms with E-state index in [4.69, 9.17) is 14.5 Å². The maximum Gasteiger partial charge on any atom is 0.407 e. The number of alkyl halides is 3. The number of hydrogen-bond acceptors (Lipinski definition) is 14. The topological polar surface area (TPSA) is 213 Å². The SMILES string of the molecule is COC(=O)N[C@H](C(=O)NN(Cc1c(F)cc(-c2cnccn2)cc1F)C[C@H](O)[C@H](Cc1ccc(C#Cc2ccc(N3CC4CCC(C3)N4C3COC3)nc2)cc1)NC(=O)[C@@H](NC(=O)OC)C(C)(C)C(F)(F)F)C(C)(C)C. The molecule has 2 aromatic carbocycles. The lowest BCUT2D eigenvalue weighted by atomic mass is 9.82. The van der Waals surface area contributed by atoms with Crippen molar-refractivity contribution in [1.82, 2.24) is 46.2 Å². The van der Waals surface area contributed by atoms with E-state index in [9.17, 15) is 37.5 Å². The van der Waals surface area contributed by atoms with Gasteiger partial charge in [-0.25, -0.2) is 28.4 Å². The number of fused-ring (bicyclic) bond motifs is 2. The molecule has 18 nitrogen and oxygen atoms in total. The second-order valence-electron chi connectivity index (χ2n) is 20.8. The number of aliphatic hydroxyl groups excluding tert-OH is 1. The molecule has 23 heteroatoms. The van der Waals surface area contributed by atoms with Gasteiger partial charge in [-0.1, -0.05) is 44.7 Å². The number of piperazine rings is 1. The monoisotopic (exact) mass is 1060 g/mol. The third-order valence-corrected chi connectivity index (χ3v) is 14.0. The number of nitrogens with zero attached hydrogens (tertiary/aromatic N) is 6. The van der Waals surface area contributed by atoms with Crippen molar-refractivity contribution in [2.75, 3.05) is 52.0 Å². The van der Waals surface area contributed by atoms with Crippen molar-refractivity contribution >= 4 is 29.8 Å². The molecule has 0 radical (unpaired) electrons. The number of aromatic nitrogens is 3. The highest BCUT2D eigenvalue weighted by molar-refractivity contribution is 5.87. The maximum absolute atomic E-state index is 16.0. The molecular weight excluding hydrogens is 1000 g/mol. The average molecular weight is 1060 g/mol. The van der Waals surface area contributed by atoms with Gasteiger partial charge in [0.1, 0.15) is 29.5 Å². The van der Waals surface area contributed by atoms with Crippen LogP contribution in [0.25, 0.3) is 11.3 Å². The van der Waals surface area contributed by atoms with E-state index in [1.54, 1.807) is 51.2 Å². The first-order chi connectivity index (χ1) is 35.9. The smallest absolute Gasteiger partial charge is 0.407 e. The van der Waals surface area contributed by atoms with E-state index in [2.05, 4.69) is 52.4 Å². The lowest BCUT2D eigenvalue weighted by Crippen LogP contribution is -2.63. The number of hydrazine groups is 1. The fourth-order valence-electron chi connectivity index (χ4n) is 9.46. The molecule has 3 saturated heterocycles. The number of methoxy groups -OCH3 is 2. The Bertz CT molecular complexity index is 2720. The van der Waals surface area contributed by atoms with Crippen LogP contribution < -0.4 is 26.3 Å². The number of ether oxygens (including phenoxy) is 3. The van der Waals surface area contributed by atoms with E-state index in [1.807, 2.05) is 17.4 Å². The van der Waals surface area contributed by atoms with Gasteiger partial charge in [0.05, 0.1) is 62.9 Å². The van der Waals surface area contributed by atoms with Crippen LogP contribution in [0.3, 0.4) is 0 Å². The first kappa shape index (κ1) is 56.7. The summed E-state index contributed by atoms with van der Waals surface area (Å²) < 4.78 is 90.4. The van der Waals surface area contributed by atoms with E-state index >= 15 is 8.78 Å². The van der Waals surface area contributed by atoms with Crippen LogP contribution in [0, 0.1) is 34.3 Å². The van der Waals surface area contributed by atoms with E-state index in [0.717, 1.165) is 76.3 Å². The molecule has 3 aliphatic rings. The largest absolute Gasteiger partial charge is 0.453 e. The Kier molecular flexibility index (Phi) is 17.8. The Balaban J connectivity index is 1.15. The number of hydrogen-bond donors (Lipinski definition) is 5. The summed E-state index contributed by atoms with van der Waals surface area (Å²) in [5.41, 5.74) is -0.124. The maximum atomic E-state index is 16.0. The summed E-state index contributed by atoms with van der Waals surface area (Å²) in [5.74, 6) is 2.62. The second kappa shape index (κ2) is 23.9. The van der Waals surface area contributed by atoms with Gasteiger partial charge in [0, 0.05) is 79.1 Å². The number of aliphatic hydroxyl groups is 1. The number of alkyl carbamates (subject to hydrolysis) is 2. The summed E-state index contributed by atoms with van der Waals surface area (Å²) in [6.45, 7) is 8.09. The Morgan fingerprint density at radius 2 is 1.41 bits per heavy atom. The molecule has 0 aliphatic carbocycles. The van der Waals surface area contributed by atoms with Crippen molar-refractivity contribution in [3.05, 3.63) is 107 Å². The molecule has 76 heavy (non-hydrogen) atoms. The molecule has 5 heterocycles.